The summed E-state index contributed by atoms with van der Waals surface area (Å²) in [5.41, 5.74) is 1.64. The lowest BCUT2D eigenvalue weighted by Crippen LogP contribution is -2.60. The molecule has 5 rings (SSSR count). The number of ether oxygens (including phenoxy) is 1. The first-order chi connectivity index (χ1) is 18.1. The minimum absolute atomic E-state index is 0.0245. The van der Waals surface area contributed by atoms with Crippen LogP contribution < -0.4 is 4.90 Å². The zero-order valence-electron chi connectivity index (χ0n) is 22.9. The number of hydrogen-bond donors (Lipinski definition) is 0. The number of nitrogens with zero attached hydrogens (tertiary/aromatic N) is 5. The molecular formula is C28H42N5O2P3. The molecule has 1 aromatic carbocycles. The van der Waals surface area contributed by atoms with E-state index in [1.165, 1.54) is 5.56 Å². The molecule has 10 heteroatoms. The minimum Gasteiger partial charge on any atom is -0.376 e. The molecule has 2 aromatic rings. The molecule has 0 N–H and O–H groups in total. The molecule has 3 aliphatic rings. The van der Waals surface area contributed by atoms with Gasteiger partial charge in [-0.3, -0.25) is 9.80 Å². The van der Waals surface area contributed by atoms with Gasteiger partial charge in [-0.2, -0.15) is 0 Å². The highest BCUT2D eigenvalue weighted by Gasteiger charge is 2.57. The van der Waals surface area contributed by atoms with Crippen molar-refractivity contribution < 1.29 is 9.53 Å². The molecule has 38 heavy (non-hydrogen) atoms. The Labute approximate surface area is 234 Å². The van der Waals surface area contributed by atoms with Gasteiger partial charge in [0.2, 0.25) is 0 Å². The fourth-order valence-corrected chi connectivity index (χ4v) is 7.15. The summed E-state index contributed by atoms with van der Waals surface area (Å²) in [6, 6.07) is 11.0. The maximum Gasteiger partial charge on any atom is 0.325 e. The molecule has 7 nitrogen and oxygen atoms in total. The molecule has 206 valence electrons. The zero-order chi connectivity index (χ0) is 27.2. The number of hydrogen-bond acceptors (Lipinski definition) is 5. The van der Waals surface area contributed by atoms with Crippen molar-refractivity contribution in [2.75, 3.05) is 38.7 Å². The SMILES string of the molecule is CCN(C)C1(c2ccccc2)CCC2(CC1)CN(c1cnc(C(P)(P)P)nc1)C(=O)N2CC1(OC)CCC1. The van der Waals surface area contributed by atoms with Gasteiger partial charge in [-0.15, -0.1) is 27.7 Å². The second kappa shape index (κ2) is 10.6. The first-order valence-corrected chi connectivity index (χ1v) is 15.4. The van der Waals surface area contributed by atoms with Gasteiger partial charge in [0, 0.05) is 12.6 Å². The number of amides is 2. The van der Waals surface area contributed by atoms with E-state index in [1.54, 1.807) is 19.5 Å². The fraction of sp³-hybridized carbons (Fsp3) is 0.607. The third-order valence-corrected chi connectivity index (χ3v) is 10.3. The number of carbonyl (C=O) groups is 1. The van der Waals surface area contributed by atoms with E-state index in [1.807, 2.05) is 4.90 Å². The number of urea groups is 1. The number of methoxy groups -OCH3 is 1. The van der Waals surface area contributed by atoms with Gasteiger partial charge in [0.15, 0.2) is 0 Å². The molecule has 3 unspecified atom stereocenters. The Balaban J connectivity index is 1.47. The van der Waals surface area contributed by atoms with Crippen molar-refractivity contribution in [3.05, 3.63) is 54.1 Å². The van der Waals surface area contributed by atoms with Crippen molar-refractivity contribution in [1.29, 1.82) is 0 Å². The van der Waals surface area contributed by atoms with Crippen LogP contribution in [0.2, 0.25) is 0 Å². The van der Waals surface area contributed by atoms with Crippen molar-refractivity contribution in [2.45, 2.75) is 73.2 Å². The molecule has 1 aromatic heterocycles. The minimum atomic E-state index is -0.384. The molecule has 0 radical (unpaired) electrons. The van der Waals surface area contributed by atoms with E-state index in [-0.39, 0.29) is 27.3 Å². The Kier molecular flexibility index (Phi) is 7.93. The predicted molar refractivity (Wildman–Crippen MR) is 164 cm³/mol. The first-order valence-electron chi connectivity index (χ1n) is 13.7. The largest absolute Gasteiger partial charge is 0.376 e. The van der Waals surface area contributed by atoms with Crippen LogP contribution in [0.5, 0.6) is 0 Å². The summed E-state index contributed by atoms with van der Waals surface area (Å²) in [7, 11) is 12.2. The van der Waals surface area contributed by atoms with Crippen molar-refractivity contribution >= 4 is 39.4 Å². The van der Waals surface area contributed by atoms with E-state index in [4.69, 9.17) is 4.74 Å². The highest BCUT2D eigenvalue weighted by molar-refractivity contribution is 7.56. The number of benzene rings is 1. The van der Waals surface area contributed by atoms with Crippen LogP contribution in [-0.2, 0) is 14.9 Å². The van der Waals surface area contributed by atoms with Crippen LogP contribution in [0.1, 0.15) is 63.3 Å². The Morgan fingerprint density at radius 3 is 2.16 bits per heavy atom. The van der Waals surface area contributed by atoms with Gasteiger partial charge in [-0.25, -0.2) is 14.8 Å². The molecule has 0 bridgehead atoms. The van der Waals surface area contributed by atoms with Crippen LogP contribution in [0, 0.1) is 0 Å². The number of carbonyl (C=O) groups excluding carboxylic acids is 1. The highest BCUT2D eigenvalue weighted by atomic mass is 31.1. The van der Waals surface area contributed by atoms with Gasteiger partial charge in [0.25, 0.3) is 0 Å². The Bertz CT molecular complexity index is 1120. The van der Waals surface area contributed by atoms with Gasteiger partial charge in [0.05, 0.1) is 46.9 Å². The highest BCUT2D eigenvalue weighted by Crippen LogP contribution is 2.51. The van der Waals surface area contributed by atoms with Crippen LogP contribution in [0.25, 0.3) is 0 Å². The van der Waals surface area contributed by atoms with Crippen LogP contribution in [0.4, 0.5) is 10.5 Å². The Hall–Kier alpha value is -1.22. The molecule has 3 fully saturated rings. The van der Waals surface area contributed by atoms with Crippen LogP contribution in [0.15, 0.2) is 42.7 Å². The van der Waals surface area contributed by atoms with Gasteiger partial charge in [-0.1, -0.05) is 37.3 Å². The van der Waals surface area contributed by atoms with Gasteiger partial charge < -0.3 is 9.64 Å². The Morgan fingerprint density at radius 2 is 1.66 bits per heavy atom. The maximum absolute atomic E-state index is 14.1. The van der Waals surface area contributed by atoms with Gasteiger partial charge in [-0.05, 0) is 64.1 Å². The molecule has 3 atom stereocenters. The zero-order valence-corrected chi connectivity index (χ0v) is 26.4. The van der Waals surface area contributed by atoms with Crippen molar-refractivity contribution in [2.24, 2.45) is 0 Å². The van der Waals surface area contributed by atoms with E-state index in [0.717, 1.165) is 57.2 Å². The van der Waals surface area contributed by atoms with Crippen molar-refractivity contribution in [1.82, 2.24) is 19.8 Å². The quantitative estimate of drug-likeness (QED) is 0.408. The van der Waals surface area contributed by atoms with Gasteiger partial charge >= 0.3 is 6.03 Å². The number of aromatic nitrogens is 2. The molecule has 2 amide bonds. The number of rotatable bonds is 8. The lowest BCUT2D eigenvalue weighted by Gasteiger charge is -2.53. The van der Waals surface area contributed by atoms with Crippen LogP contribution in [0.3, 0.4) is 0 Å². The summed E-state index contributed by atoms with van der Waals surface area (Å²) < 4.78 is 5.64. The summed E-state index contributed by atoms with van der Waals surface area (Å²) in [6.45, 7) is 4.52. The van der Waals surface area contributed by atoms with E-state index in [9.17, 15) is 4.79 Å². The lowest BCUT2D eigenvalue weighted by atomic mass is 9.67. The molecule has 1 spiro atoms. The molecule has 2 aliphatic carbocycles. The molecule has 2 heterocycles. The molecule has 1 aliphatic heterocycles. The maximum atomic E-state index is 14.1. The normalized spacial score (nSPS) is 27.3. The molecular weight excluding hydrogens is 531 g/mol. The monoisotopic (exact) mass is 573 g/mol. The van der Waals surface area contributed by atoms with E-state index >= 15 is 0 Å². The molecule has 2 saturated carbocycles. The van der Waals surface area contributed by atoms with Crippen LogP contribution in [-0.4, -0.2) is 70.7 Å². The average molecular weight is 574 g/mol. The predicted octanol–water partition coefficient (Wildman–Crippen LogP) is 5.18. The lowest BCUT2D eigenvalue weighted by molar-refractivity contribution is -0.100. The first kappa shape index (κ1) is 28.3. The average Bonchev–Trinajstić information content (AvgIpc) is 3.17. The van der Waals surface area contributed by atoms with Gasteiger partial charge in [0.1, 0.15) is 5.82 Å². The second-order valence-electron chi connectivity index (χ2n) is 11.5. The van der Waals surface area contributed by atoms with Crippen LogP contribution >= 0.6 is 27.7 Å². The van der Waals surface area contributed by atoms with E-state index < -0.39 is 0 Å². The molecule has 1 saturated heterocycles. The number of anilines is 1. The summed E-state index contributed by atoms with van der Waals surface area (Å²) >= 11 is 0. The summed E-state index contributed by atoms with van der Waals surface area (Å²) in [4.78, 5) is 29.9. The standard InChI is InChI=1S/C28H42N5O2P3/c1-4-31(2)27(21-9-6-5-7-10-21)15-13-25(14-16-27)19-32(22-17-29-23(30-18-22)28(36,37)38)24(34)33(25)20-26(35-3)11-8-12-26/h5-7,9-10,17-18H,4,8,11-16,19-20,36-38H2,1-3H3. The topological polar surface area (TPSA) is 61.8 Å². The second-order valence-corrected chi connectivity index (χ2v) is 16.4. The Morgan fingerprint density at radius 1 is 1.03 bits per heavy atom. The van der Waals surface area contributed by atoms with Crippen molar-refractivity contribution in [3.8, 4) is 0 Å². The summed E-state index contributed by atoms with van der Waals surface area (Å²) in [5, 5.41) is 0. The third kappa shape index (κ3) is 4.92. The van der Waals surface area contributed by atoms with Crippen molar-refractivity contribution in [3.63, 3.8) is 0 Å². The van der Waals surface area contributed by atoms with E-state index in [0.29, 0.717) is 18.9 Å². The van der Waals surface area contributed by atoms with E-state index in [2.05, 4.69) is 91.8 Å². The summed E-state index contributed by atoms with van der Waals surface area (Å²) in [6.07, 6.45) is 10.6. The summed E-state index contributed by atoms with van der Waals surface area (Å²) in [5.74, 6) is 0.681. The smallest absolute Gasteiger partial charge is 0.325 e. The fourth-order valence-electron chi connectivity index (χ4n) is 6.70. The third-order valence-electron chi connectivity index (χ3n) is 9.49.